The minimum Gasteiger partial charge on any atom is -0.378 e. The fourth-order valence-electron chi connectivity index (χ4n) is 2.75. The van der Waals surface area contributed by atoms with Crippen molar-refractivity contribution in [3.05, 3.63) is 32.8 Å². The van der Waals surface area contributed by atoms with E-state index in [-0.39, 0.29) is 29.1 Å². The van der Waals surface area contributed by atoms with Gasteiger partial charge in [-0.15, -0.1) is 0 Å². The molecule has 1 aromatic rings. The standard InChI is InChI=1S/C15H22ClN3O5S/c1-11-9-13(19(20)21)15(16)14(10-11)25(22,23)18-6-3-12(4-7-18)24-8-2-5-17/h9-10,12H,2-8,17H2,1H3. The van der Waals surface area contributed by atoms with Gasteiger partial charge in [0, 0.05) is 25.8 Å². The molecule has 1 fully saturated rings. The molecule has 0 radical (unpaired) electrons. The Balaban J connectivity index is 2.17. The third-order valence-electron chi connectivity index (χ3n) is 4.08. The Morgan fingerprint density at radius 2 is 2.04 bits per heavy atom. The Morgan fingerprint density at radius 1 is 1.40 bits per heavy atom. The lowest BCUT2D eigenvalue weighted by Crippen LogP contribution is -2.41. The van der Waals surface area contributed by atoms with Crippen molar-refractivity contribution in [3.63, 3.8) is 0 Å². The maximum absolute atomic E-state index is 12.9. The van der Waals surface area contributed by atoms with E-state index < -0.39 is 20.6 Å². The Kier molecular flexibility index (Phi) is 6.75. The number of sulfonamides is 1. The first-order chi connectivity index (χ1) is 11.8. The van der Waals surface area contributed by atoms with Crippen LogP contribution in [-0.4, -0.2) is 50.0 Å². The summed E-state index contributed by atoms with van der Waals surface area (Å²) >= 11 is 6.01. The number of nitrogens with two attached hydrogens (primary N) is 1. The van der Waals surface area contributed by atoms with E-state index in [9.17, 15) is 18.5 Å². The molecule has 10 heteroatoms. The molecule has 2 N–H and O–H groups in total. The highest BCUT2D eigenvalue weighted by molar-refractivity contribution is 7.89. The van der Waals surface area contributed by atoms with Crippen LogP contribution in [0.3, 0.4) is 0 Å². The maximum Gasteiger partial charge on any atom is 0.289 e. The number of rotatable bonds is 7. The smallest absolute Gasteiger partial charge is 0.289 e. The summed E-state index contributed by atoms with van der Waals surface area (Å²) in [5, 5.41) is 10.7. The van der Waals surface area contributed by atoms with Gasteiger partial charge in [-0.1, -0.05) is 11.6 Å². The number of halogens is 1. The SMILES string of the molecule is Cc1cc([N+](=O)[O-])c(Cl)c(S(=O)(=O)N2CCC(OCCCN)CC2)c1. The Bertz CT molecular complexity index is 733. The van der Waals surface area contributed by atoms with Crippen LogP contribution in [0.15, 0.2) is 17.0 Å². The number of benzene rings is 1. The molecule has 1 aliphatic heterocycles. The van der Waals surface area contributed by atoms with Gasteiger partial charge in [0.2, 0.25) is 10.0 Å². The van der Waals surface area contributed by atoms with Gasteiger partial charge in [-0.25, -0.2) is 8.42 Å². The number of nitrogens with zero attached hydrogens (tertiary/aromatic N) is 2. The van der Waals surface area contributed by atoms with E-state index in [1.165, 1.54) is 16.4 Å². The van der Waals surface area contributed by atoms with Crippen molar-refractivity contribution in [2.45, 2.75) is 37.2 Å². The number of nitro groups is 1. The van der Waals surface area contributed by atoms with Crippen LogP contribution in [0, 0.1) is 17.0 Å². The van der Waals surface area contributed by atoms with Crippen LogP contribution < -0.4 is 5.73 Å². The van der Waals surface area contributed by atoms with E-state index in [0.29, 0.717) is 31.6 Å². The summed E-state index contributed by atoms with van der Waals surface area (Å²) < 4.78 is 32.7. The second-order valence-electron chi connectivity index (χ2n) is 5.97. The molecule has 1 saturated heterocycles. The van der Waals surface area contributed by atoms with Gasteiger partial charge in [-0.3, -0.25) is 10.1 Å². The quantitative estimate of drug-likeness (QED) is 0.432. The Morgan fingerprint density at radius 3 is 2.60 bits per heavy atom. The van der Waals surface area contributed by atoms with E-state index in [4.69, 9.17) is 22.1 Å². The summed E-state index contributed by atoms with van der Waals surface area (Å²) in [4.78, 5) is 10.2. The zero-order chi connectivity index (χ0) is 18.6. The third-order valence-corrected chi connectivity index (χ3v) is 6.51. The van der Waals surface area contributed by atoms with Crippen LogP contribution in [-0.2, 0) is 14.8 Å². The monoisotopic (exact) mass is 391 g/mol. The molecule has 0 amide bonds. The van der Waals surface area contributed by atoms with Crippen LogP contribution in [0.4, 0.5) is 5.69 Å². The molecule has 1 heterocycles. The minimum atomic E-state index is -3.90. The Hall–Kier alpha value is -1.26. The van der Waals surface area contributed by atoms with Crippen LogP contribution in [0.25, 0.3) is 0 Å². The molecule has 0 unspecified atom stereocenters. The second-order valence-corrected chi connectivity index (χ2v) is 8.25. The number of ether oxygens (including phenoxy) is 1. The first kappa shape index (κ1) is 20.1. The largest absolute Gasteiger partial charge is 0.378 e. The normalized spacial score (nSPS) is 16.9. The highest BCUT2D eigenvalue weighted by atomic mass is 35.5. The number of aryl methyl sites for hydroxylation is 1. The first-order valence-electron chi connectivity index (χ1n) is 8.03. The number of hydrogen-bond donors (Lipinski definition) is 1. The summed E-state index contributed by atoms with van der Waals surface area (Å²) in [6, 6.07) is 2.63. The van der Waals surface area contributed by atoms with Gasteiger partial charge in [0.25, 0.3) is 5.69 Å². The van der Waals surface area contributed by atoms with Gasteiger partial charge in [-0.2, -0.15) is 4.31 Å². The molecule has 140 valence electrons. The van der Waals surface area contributed by atoms with Gasteiger partial charge >= 0.3 is 0 Å². The predicted octanol–water partition coefficient (Wildman–Crippen LogP) is 2.08. The fraction of sp³-hybridized carbons (Fsp3) is 0.600. The van der Waals surface area contributed by atoms with Gasteiger partial charge < -0.3 is 10.5 Å². The molecule has 0 aromatic heterocycles. The molecule has 0 atom stereocenters. The molecule has 0 aliphatic carbocycles. The van der Waals surface area contributed by atoms with E-state index in [1.807, 2.05) is 0 Å². The molecule has 0 bridgehead atoms. The summed E-state index contributed by atoms with van der Waals surface area (Å²) in [5.74, 6) is 0. The van der Waals surface area contributed by atoms with E-state index in [2.05, 4.69) is 0 Å². The van der Waals surface area contributed by atoms with Crippen molar-refractivity contribution in [2.24, 2.45) is 5.73 Å². The summed E-state index contributed by atoms with van der Waals surface area (Å²) in [7, 11) is -3.90. The average molecular weight is 392 g/mol. The third kappa shape index (κ3) is 4.68. The van der Waals surface area contributed by atoms with Gasteiger partial charge in [0.1, 0.15) is 9.92 Å². The fourth-order valence-corrected chi connectivity index (χ4v) is 4.86. The molecule has 0 spiro atoms. The number of piperidine rings is 1. The molecule has 1 aliphatic rings. The van der Waals surface area contributed by atoms with Gasteiger partial charge in [0.15, 0.2) is 0 Å². The van der Waals surface area contributed by atoms with Crippen molar-refractivity contribution < 1.29 is 18.1 Å². The lowest BCUT2D eigenvalue weighted by molar-refractivity contribution is -0.385. The van der Waals surface area contributed by atoms with Crippen LogP contribution in [0.5, 0.6) is 0 Å². The molecule has 2 rings (SSSR count). The second kappa shape index (κ2) is 8.41. The zero-order valence-electron chi connectivity index (χ0n) is 14.0. The lowest BCUT2D eigenvalue weighted by atomic mass is 10.1. The van der Waals surface area contributed by atoms with Gasteiger partial charge in [0.05, 0.1) is 11.0 Å². The summed E-state index contributed by atoms with van der Waals surface area (Å²) in [6.07, 6.45) is 1.89. The molecule has 0 saturated carbocycles. The molecule has 8 nitrogen and oxygen atoms in total. The van der Waals surface area contributed by atoms with E-state index in [1.54, 1.807) is 6.92 Å². The minimum absolute atomic E-state index is 0.000294. The first-order valence-corrected chi connectivity index (χ1v) is 9.85. The van der Waals surface area contributed by atoms with Crippen molar-refractivity contribution in [2.75, 3.05) is 26.2 Å². The molecular weight excluding hydrogens is 370 g/mol. The van der Waals surface area contributed by atoms with Crippen molar-refractivity contribution in [1.29, 1.82) is 0 Å². The highest BCUT2D eigenvalue weighted by Crippen LogP contribution is 2.35. The molecule has 1 aromatic carbocycles. The maximum atomic E-state index is 12.9. The number of hydrogen-bond acceptors (Lipinski definition) is 6. The number of nitro benzene ring substituents is 1. The van der Waals surface area contributed by atoms with Crippen LogP contribution >= 0.6 is 11.6 Å². The predicted molar refractivity (Wildman–Crippen MR) is 94.2 cm³/mol. The average Bonchev–Trinajstić information content (AvgIpc) is 2.57. The molecule has 25 heavy (non-hydrogen) atoms. The van der Waals surface area contributed by atoms with Crippen molar-refractivity contribution in [1.82, 2.24) is 4.31 Å². The molecular formula is C15H22ClN3O5S. The van der Waals surface area contributed by atoms with Crippen LogP contribution in [0.1, 0.15) is 24.8 Å². The van der Waals surface area contributed by atoms with Crippen LogP contribution in [0.2, 0.25) is 5.02 Å². The van der Waals surface area contributed by atoms with E-state index >= 15 is 0 Å². The summed E-state index contributed by atoms with van der Waals surface area (Å²) in [5.41, 5.74) is 5.48. The van der Waals surface area contributed by atoms with Crippen molar-refractivity contribution >= 4 is 27.3 Å². The zero-order valence-corrected chi connectivity index (χ0v) is 15.6. The van der Waals surface area contributed by atoms with E-state index in [0.717, 1.165) is 6.42 Å². The highest BCUT2D eigenvalue weighted by Gasteiger charge is 2.33. The lowest BCUT2D eigenvalue weighted by Gasteiger charge is -2.31. The summed E-state index contributed by atoms with van der Waals surface area (Å²) in [6.45, 7) is 3.28. The topological polar surface area (TPSA) is 116 Å². The van der Waals surface area contributed by atoms with Gasteiger partial charge in [-0.05, 0) is 44.4 Å². The van der Waals surface area contributed by atoms with Crippen molar-refractivity contribution in [3.8, 4) is 0 Å². The Labute approximate surface area is 152 Å².